The maximum absolute atomic E-state index is 5.96. The molecular weight excluding hydrogens is 260 g/mol. The van der Waals surface area contributed by atoms with E-state index in [1.54, 1.807) is 6.26 Å². The SMILES string of the molecule is NCC1CCCCC1NC(c1ccccc1)c1ccco1. The van der Waals surface area contributed by atoms with Crippen molar-refractivity contribution in [3.8, 4) is 0 Å². The molecule has 0 bridgehead atoms. The summed E-state index contributed by atoms with van der Waals surface area (Å²) in [6.07, 6.45) is 6.76. The molecule has 0 aliphatic heterocycles. The predicted octanol–water partition coefficient (Wildman–Crippen LogP) is 3.48. The summed E-state index contributed by atoms with van der Waals surface area (Å²) < 4.78 is 5.67. The Labute approximate surface area is 126 Å². The van der Waals surface area contributed by atoms with Crippen LogP contribution in [0.2, 0.25) is 0 Å². The van der Waals surface area contributed by atoms with Gasteiger partial charge in [0.1, 0.15) is 5.76 Å². The van der Waals surface area contributed by atoms with Crippen LogP contribution in [0.5, 0.6) is 0 Å². The summed E-state index contributed by atoms with van der Waals surface area (Å²) in [4.78, 5) is 0. The third kappa shape index (κ3) is 3.36. The third-order valence-electron chi connectivity index (χ3n) is 4.55. The molecule has 3 heteroatoms. The fourth-order valence-corrected chi connectivity index (χ4v) is 3.37. The smallest absolute Gasteiger partial charge is 0.125 e. The van der Waals surface area contributed by atoms with Crippen molar-refractivity contribution in [2.24, 2.45) is 11.7 Å². The van der Waals surface area contributed by atoms with Gasteiger partial charge in [0, 0.05) is 6.04 Å². The summed E-state index contributed by atoms with van der Waals surface area (Å²) in [6.45, 7) is 0.761. The van der Waals surface area contributed by atoms with Crippen molar-refractivity contribution in [3.63, 3.8) is 0 Å². The minimum absolute atomic E-state index is 0.110. The molecule has 3 N–H and O–H groups in total. The zero-order chi connectivity index (χ0) is 14.5. The van der Waals surface area contributed by atoms with Crippen LogP contribution < -0.4 is 11.1 Å². The molecule has 3 atom stereocenters. The molecule has 2 aromatic rings. The van der Waals surface area contributed by atoms with Crippen molar-refractivity contribution in [1.82, 2.24) is 5.32 Å². The van der Waals surface area contributed by atoms with E-state index in [2.05, 4.69) is 29.6 Å². The summed E-state index contributed by atoms with van der Waals surface area (Å²) in [7, 11) is 0. The van der Waals surface area contributed by atoms with Crippen LogP contribution in [0.15, 0.2) is 53.1 Å². The Morgan fingerprint density at radius 2 is 1.90 bits per heavy atom. The normalized spacial score (nSPS) is 23.9. The molecule has 1 heterocycles. The van der Waals surface area contributed by atoms with Gasteiger partial charge < -0.3 is 15.5 Å². The van der Waals surface area contributed by atoms with Crippen molar-refractivity contribution in [2.75, 3.05) is 6.54 Å². The molecule has 1 saturated carbocycles. The van der Waals surface area contributed by atoms with Gasteiger partial charge in [0.15, 0.2) is 0 Å². The van der Waals surface area contributed by atoms with Gasteiger partial charge in [-0.05, 0) is 43.0 Å². The molecule has 21 heavy (non-hydrogen) atoms. The summed E-state index contributed by atoms with van der Waals surface area (Å²) in [5, 5.41) is 3.80. The van der Waals surface area contributed by atoms with Crippen molar-refractivity contribution >= 4 is 0 Å². The van der Waals surface area contributed by atoms with Crippen LogP contribution in [0.4, 0.5) is 0 Å². The van der Waals surface area contributed by atoms with Crippen molar-refractivity contribution in [2.45, 2.75) is 37.8 Å². The van der Waals surface area contributed by atoms with E-state index in [1.165, 1.54) is 31.2 Å². The van der Waals surface area contributed by atoms with Gasteiger partial charge in [-0.2, -0.15) is 0 Å². The van der Waals surface area contributed by atoms with Crippen LogP contribution in [0, 0.1) is 5.92 Å². The van der Waals surface area contributed by atoms with E-state index in [1.807, 2.05) is 18.2 Å². The molecule has 1 aliphatic rings. The van der Waals surface area contributed by atoms with Crippen LogP contribution in [0.3, 0.4) is 0 Å². The van der Waals surface area contributed by atoms with Crippen molar-refractivity contribution in [3.05, 3.63) is 60.1 Å². The van der Waals surface area contributed by atoms with Gasteiger partial charge in [-0.1, -0.05) is 43.2 Å². The molecule has 1 aromatic heterocycles. The number of benzene rings is 1. The lowest BCUT2D eigenvalue weighted by atomic mass is 9.83. The fourth-order valence-electron chi connectivity index (χ4n) is 3.37. The lowest BCUT2D eigenvalue weighted by Gasteiger charge is -2.34. The van der Waals surface area contributed by atoms with Crippen LogP contribution in [0.1, 0.15) is 43.0 Å². The second-order valence-electron chi connectivity index (χ2n) is 5.91. The van der Waals surface area contributed by atoms with E-state index in [4.69, 9.17) is 10.2 Å². The lowest BCUT2D eigenvalue weighted by molar-refractivity contribution is 0.248. The van der Waals surface area contributed by atoms with Gasteiger partial charge in [0.2, 0.25) is 0 Å². The molecule has 1 aromatic carbocycles. The van der Waals surface area contributed by atoms with E-state index < -0.39 is 0 Å². The first-order valence-electron chi connectivity index (χ1n) is 7.93. The Hall–Kier alpha value is -1.58. The predicted molar refractivity (Wildman–Crippen MR) is 84.9 cm³/mol. The molecule has 3 unspecified atom stereocenters. The highest BCUT2D eigenvalue weighted by atomic mass is 16.3. The molecule has 1 aliphatic carbocycles. The second-order valence-corrected chi connectivity index (χ2v) is 5.91. The number of nitrogens with two attached hydrogens (primary N) is 1. The average Bonchev–Trinajstić information content (AvgIpc) is 3.08. The zero-order valence-electron chi connectivity index (χ0n) is 12.4. The van der Waals surface area contributed by atoms with Crippen molar-refractivity contribution in [1.29, 1.82) is 0 Å². The average molecular weight is 284 g/mol. The molecular formula is C18H24N2O. The molecule has 0 radical (unpaired) electrons. The number of nitrogens with one attached hydrogen (secondary N) is 1. The largest absolute Gasteiger partial charge is 0.467 e. The second kappa shape index (κ2) is 6.92. The van der Waals surface area contributed by atoms with Crippen LogP contribution in [-0.2, 0) is 0 Å². The number of hydrogen-bond acceptors (Lipinski definition) is 3. The summed E-state index contributed by atoms with van der Waals surface area (Å²) in [5.74, 6) is 1.54. The molecule has 0 saturated heterocycles. The number of rotatable bonds is 5. The van der Waals surface area contributed by atoms with E-state index in [9.17, 15) is 0 Å². The molecule has 3 rings (SSSR count). The van der Waals surface area contributed by atoms with Gasteiger partial charge >= 0.3 is 0 Å². The summed E-state index contributed by atoms with van der Waals surface area (Å²) in [6, 6.07) is 15.1. The number of furan rings is 1. The van der Waals surface area contributed by atoms with E-state index in [0.29, 0.717) is 12.0 Å². The fraction of sp³-hybridized carbons (Fsp3) is 0.444. The highest BCUT2D eigenvalue weighted by molar-refractivity contribution is 5.26. The van der Waals surface area contributed by atoms with E-state index >= 15 is 0 Å². The highest BCUT2D eigenvalue weighted by Crippen LogP contribution is 2.29. The molecule has 0 amide bonds. The Kier molecular flexibility index (Phi) is 4.73. The van der Waals surface area contributed by atoms with Crippen LogP contribution in [-0.4, -0.2) is 12.6 Å². The first-order chi connectivity index (χ1) is 10.4. The Morgan fingerprint density at radius 3 is 2.62 bits per heavy atom. The first kappa shape index (κ1) is 14.4. The molecule has 3 nitrogen and oxygen atoms in total. The minimum Gasteiger partial charge on any atom is -0.467 e. The third-order valence-corrected chi connectivity index (χ3v) is 4.55. The standard InChI is InChI=1S/C18H24N2O/c19-13-15-9-4-5-10-16(15)20-18(17-11-6-12-21-17)14-7-2-1-3-8-14/h1-3,6-8,11-12,15-16,18,20H,4-5,9-10,13,19H2. The Morgan fingerprint density at radius 1 is 1.10 bits per heavy atom. The minimum atomic E-state index is 0.110. The molecule has 112 valence electrons. The quantitative estimate of drug-likeness (QED) is 0.884. The van der Waals surface area contributed by atoms with Crippen molar-refractivity contribution < 1.29 is 4.42 Å². The Bertz CT molecular complexity index is 523. The summed E-state index contributed by atoms with van der Waals surface area (Å²) >= 11 is 0. The monoisotopic (exact) mass is 284 g/mol. The van der Waals surface area contributed by atoms with Gasteiger partial charge in [-0.3, -0.25) is 0 Å². The zero-order valence-corrected chi connectivity index (χ0v) is 12.4. The topological polar surface area (TPSA) is 51.2 Å². The van der Waals surface area contributed by atoms with Gasteiger partial charge in [-0.25, -0.2) is 0 Å². The van der Waals surface area contributed by atoms with Gasteiger partial charge in [0.05, 0.1) is 12.3 Å². The maximum atomic E-state index is 5.96. The molecule has 1 fully saturated rings. The maximum Gasteiger partial charge on any atom is 0.125 e. The lowest BCUT2D eigenvalue weighted by Crippen LogP contribution is -2.43. The van der Waals surface area contributed by atoms with Gasteiger partial charge in [-0.15, -0.1) is 0 Å². The van der Waals surface area contributed by atoms with Gasteiger partial charge in [0.25, 0.3) is 0 Å². The van der Waals surface area contributed by atoms with E-state index in [0.717, 1.165) is 12.3 Å². The summed E-state index contributed by atoms with van der Waals surface area (Å²) in [5.41, 5.74) is 7.21. The molecule has 0 spiro atoms. The highest BCUT2D eigenvalue weighted by Gasteiger charge is 2.28. The number of hydrogen-bond donors (Lipinski definition) is 2. The Balaban J connectivity index is 1.82. The van der Waals surface area contributed by atoms with Crippen LogP contribution in [0.25, 0.3) is 0 Å². The van der Waals surface area contributed by atoms with E-state index in [-0.39, 0.29) is 6.04 Å². The first-order valence-corrected chi connectivity index (χ1v) is 7.93. The van der Waals surface area contributed by atoms with Crippen LogP contribution >= 0.6 is 0 Å².